The fourth-order valence-electron chi connectivity index (χ4n) is 1.94. The molecule has 0 aliphatic heterocycles. The van der Waals surface area contributed by atoms with E-state index in [2.05, 4.69) is 15.4 Å². The molecule has 1 aromatic heterocycles. The molecule has 1 heterocycles. The van der Waals surface area contributed by atoms with Crippen LogP contribution in [0, 0.1) is 5.82 Å². The van der Waals surface area contributed by atoms with Crippen LogP contribution >= 0.6 is 0 Å². The molecule has 2 rings (SSSR count). The standard InChI is InChI=1S/C14H19FN4O/c1-11(6-7-19-10-16-9-18-19)17-8-14(20)12-4-2-3-5-13(12)15/h2-5,9-11,14,17,20H,6-8H2,1H3. The predicted octanol–water partition coefficient (Wildman–Crippen LogP) is 1.52. The monoisotopic (exact) mass is 278 g/mol. The second-order valence-corrected chi connectivity index (χ2v) is 4.79. The Morgan fingerprint density at radius 2 is 2.20 bits per heavy atom. The second kappa shape index (κ2) is 7.12. The number of hydrogen-bond acceptors (Lipinski definition) is 4. The van der Waals surface area contributed by atoms with Crippen LogP contribution in [0.4, 0.5) is 4.39 Å². The minimum absolute atomic E-state index is 0.195. The van der Waals surface area contributed by atoms with Crippen LogP contribution in [0.5, 0.6) is 0 Å². The molecule has 0 bridgehead atoms. The number of aryl methyl sites for hydroxylation is 1. The third-order valence-corrected chi connectivity index (χ3v) is 3.18. The van der Waals surface area contributed by atoms with Crippen molar-refractivity contribution in [2.24, 2.45) is 0 Å². The first kappa shape index (κ1) is 14.6. The molecule has 0 aliphatic carbocycles. The fraction of sp³-hybridized carbons (Fsp3) is 0.429. The Morgan fingerprint density at radius 1 is 1.40 bits per heavy atom. The van der Waals surface area contributed by atoms with Crippen LogP contribution in [-0.2, 0) is 6.54 Å². The van der Waals surface area contributed by atoms with Crippen LogP contribution in [0.1, 0.15) is 25.0 Å². The van der Waals surface area contributed by atoms with Gasteiger partial charge >= 0.3 is 0 Å². The van der Waals surface area contributed by atoms with Crippen LogP contribution in [0.3, 0.4) is 0 Å². The minimum Gasteiger partial charge on any atom is -0.387 e. The van der Waals surface area contributed by atoms with E-state index >= 15 is 0 Å². The third kappa shape index (κ3) is 4.11. The van der Waals surface area contributed by atoms with Crippen molar-refractivity contribution in [3.8, 4) is 0 Å². The van der Waals surface area contributed by atoms with Crippen molar-refractivity contribution in [3.05, 3.63) is 48.3 Å². The lowest BCUT2D eigenvalue weighted by Gasteiger charge is -2.17. The van der Waals surface area contributed by atoms with Crippen molar-refractivity contribution < 1.29 is 9.50 Å². The summed E-state index contributed by atoms with van der Waals surface area (Å²) < 4.78 is 15.2. The molecule has 0 saturated heterocycles. The lowest BCUT2D eigenvalue weighted by atomic mass is 10.1. The molecule has 0 spiro atoms. The zero-order valence-corrected chi connectivity index (χ0v) is 11.4. The molecule has 20 heavy (non-hydrogen) atoms. The van der Waals surface area contributed by atoms with E-state index < -0.39 is 6.10 Å². The van der Waals surface area contributed by atoms with E-state index in [0.717, 1.165) is 13.0 Å². The summed E-state index contributed by atoms with van der Waals surface area (Å²) >= 11 is 0. The molecule has 2 aromatic rings. The number of nitrogens with one attached hydrogen (secondary N) is 1. The summed E-state index contributed by atoms with van der Waals surface area (Å²) in [7, 11) is 0. The smallest absolute Gasteiger partial charge is 0.137 e. The van der Waals surface area contributed by atoms with Crippen molar-refractivity contribution in [2.45, 2.75) is 32.0 Å². The topological polar surface area (TPSA) is 63.0 Å². The third-order valence-electron chi connectivity index (χ3n) is 3.18. The van der Waals surface area contributed by atoms with Gasteiger partial charge in [0.15, 0.2) is 0 Å². The van der Waals surface area contributed by atoms with Gasteiger partial charge in [0, 0.05) is 24.7 Å². The number of benzene rings is 1. The van der Waals surface area contributed by atoms with Crippen molar-refractivity contribution >= 4 is 0 Å². The van der Waals surface area contributed by atoms with Gasteiger partial charge < -0.3 is 10.4 Å². The van der Waals surface area contributed by atoms with Crippen LogP contribution in [0.15, 0.2) is 36.9 Å². The highest BCUT2D eigenvalue weighted by Gasteiger charge is 2.13. The SMILES string of the molecule is CC(CCn1cncn1)NCC(O)c1ccccc1F. The van der Waals surface area contributed by atoms with Gasteiger partial charge in [-0.25, -0.2) is 9.37 Å². The van der Waals surface area contributed by atoms with E-state index in [0.29, 0.717) is 12.1 Å². The van der Waals surface area contributed by atoms with Gasteiger partial charge in [-0.05, 0) is 19.4 Å². The van der Waals surface area contributed by atoms with Crippen LogP contribution in [0.25, 0.3) is 0 Å². The first-order chi connectivity index (χ1) is 9.66. The summed E-state index contributed by atoms with van der Waals surface area (Å²) in [6.45, 7) is 3.09. The van der Waals surface area contributed by atoms with E-state index in [1.165, 1.54) is 12.4 Å². The Balaban J connectivity index is 1.75. The Bertz CT molecular complexity index is 518. The molecule has 0 radical (unpaired) electrons. The summed E-state index contributed by atoms with van der Waals surface area (Å²) in [5.74, 6) is -0.378. The van der Waals surface area contributed by atoms with Gasteiger partial charge in [0.1, 0.15) is 18.5 Å². The van der Waals surface area contributed by atoms with Crippen molar-refractivity contribution in [1.82, 2.24) is 20.1 Å². The number of halogens is 1. The molecule has 2 unspecified atom stereocenters. The molecule has 2 N–H and O–H groups in total. The summed E-state index contributed by atoms with van der Waals surface area (Å²) in [5.41, 5.74) is 0.323. The summed E-state index contributed by atoms with van der Waals surface area (Å²) in [6.07, 6.45) is 3.18. The zero-order chi connectivity index (χ0) is 14.4. The summed E-state index contributed by atoms with van der Waals surface area (Å²) in [5, 5.41) is 17.2. The van der Waals surface area contributed by atoms with E-state index in [4.69, 9.17) is 0 Å². The maximum absolute atomic E-state index is 13.5. The molecule has 0 aliphatic rings. The number of rotatable bonds is 7. The lowest BCUT2D eigenvalue weighted by molar-refractivity contribution is 0.165. The van der Waals surface area contributed by atoms with Crippen molar-refractivity contribution in [2.75, 3.05) is 6.54 Å². The highest BCUT2D eigenvalue weighted by Crippen LogP contribution is 2.15. The van der Waals surface area contributed by atoms with Crippen molar-refractivity contribution in [1.29, 1.82) is 0 Å². The molecule has 5 nitrogen and oxygen atoms in total. The zero-order valence-electron chi connectivity index (χ0n) is 11.4. The number of aliphatic hydroxyl groups is 1. The maximum atomic E-state index is 13.5. The average Bonchev–Trinajstić information content (AvgIpc) is 2.96. The Labute approximate surface area is 117 Å². The number of aliphatic hydroxyl groups excluding tert-OH is 1. The van der Waals surface area contributed by atoms with E-state index in [1.807, 2.05) is 6.92 Å². The normalized spacial score (nSPS) is 14.2. The van der Waals surface area contributed by atoms with Gasteiger partial charge in [0.25, 0.3) is 0 Å². The Morgan fingerprint density at radius 3 is 2.90 bits per heavy atom. The van der Waals surface area contributed by atoms with Crippen LogP contribution in [-0.4, -0.2) is 32.5 Å². The van der Waals surface area contributed by atoms with Crippen molar-refractivity contribution in [3.63, 3.8) is 0 Å². The van der Waals surface area contributed by atoms with E-state index in [-0.39, 0.29) is 11.9 Å². The average molecular weight is 278 g/mol. The van der Waals surface area contributed by atoms with Gasteiger partial charge in [-0.1, -0.05) is 18.2 Å². The summed E-state index contributed by atoms with van der Waals surface area (Å²) in [4.78, 5) is 3.87. The van der Waals surface area contributed by atoms with Gasteiger partial charge in [-0.2, -0.15) is 5.10 Å². The Kier molecular flexibility index (Phi) is 5.20. The molecule has 0 amide bonds. The first-order valence-corrected chi connectivity index (χ1v) is 6.65. The molecule has 1 aromatic carbocycles. The van der Waals surface area contributed by atoms with E-state index in [1.54, 1.807) is 29.2 Å². The number of hydrogen-bond donors (Lipinski definition) is 2. The van der Waals surface area contributed by atoms with Gasteiger partial charge in [-0.15, -0.1) is 0 Å². The summed E-state index contributed by atoms with van der Waals surface area (Å²) in [6, 6.07) is 6.48. The molecule has 108 valence electrons. The molecule has 0 fully saturated rings. The molecular formula is C14H19FN4O. The lowest BCUT2D eigenvalue weighted by Crippen LogP contribution is -2.31. The number of aromatic nitrogens is 3. The second-order valence-electron chi connectivity index (χ2n) is 4.79. The fourth-order valence-corrected chi connectivity index (χ4v) is 1.94. The minimum atomic E-state index is -0.843. The highest BCUT2D eigenvalue weighted by molar-refractivity contribution is 5.19. The quantitative estimate of drug-likeness (QED) is 0.806. The van der Waals surface area contributed by atoms with Gasteiger partial charge in [0.2, 0.25) is 0 Å². The number of nitrogens with zero attached hydrogens (tertiary/aromatic N) is 3. The largest absolute Gasteiger partial charge is 0.387 e. The highest BCUT2D eigenvalue weighted by atomic mass is 19.1. The molecule has 6 heteroatoms. The molecule has 0 saturated carbocycles. The molecule has 2 atom stereocenters. The maximum Gasteiger partial charge on any atom is 0.137 e. The van der Waals surface area contributed by atoms with Crippen LogP contribution < -0.4 is 5.32 Å². The molecular weight excluding hydrogens is 259 g/mol. The van der Waals surface area contributed by atoms with Crippen LogP contribution in [0.2, 0.25) is 0 Å². The first-order valence-electron chi connectivity index (χ1n) is 6.65. The van der Waals surface area contributed by atoms with E-state index in [9.17, 15) is 9.50 Å². The van der Waals surface area contributed by atoms with Gasteiger partial charge in [0.05, 0.1) is 6.10 Å². The Hall–Kier alpha value is -1.79. The predicted molar refractivity (Wildman–Crippen MR) is 73.5 cm³/mol. The van der Waals surface area contributed by atoms with Gasteiger partial charge in [-0.3, -0.25) is 4.68 Å².